The van der Waals surface area contributed by atoms with Gasteiger partial charge in [0.1, 0.15) is 11.4 Å². The first-order valence-electron chi connectivity index (χ1n) is 10.4. The molecule has 0 aliphatic rings. The van der Waals surface area contributed by atoms with Gasteiger partial charge in [0.15, 0.2) is 0 Å². The number of anilines is 1. The molecule has 0 spiro atoms. The summed E-state index contributed by atoms with van der Waals surface area (Å²) in [7, 11) is 1.64. The summed E-state index contributed by atoms with van der Waals surface area (Å²) in [4.78, 5) is 19.9. The van der Waals surface area contributed by atoms with Crippen molar-refractivity contribution in [2.45, 2.75) is 40.0 Å². The first kappa shape index (κ1) is 20.9. The fourth-order valence-electron chi connectivity index (χ4n) is 3.51. The fraction of sp³-hybridized carbons (Fsp3) is 0.417. The van der Waals surface area contributed by atoms with Crippen LogP contribution in [0.3, 0.4) is 0 Å². The zero-order valence-electron chi connectivity index (χ0n) is 17.9. The average Bonchev–Trinajstić information content (AvgIpc) is 2.72. The van der Waals surface area contributed by atoms with Crippen molar-refractivity contribution < 1.29 is 4.74 Å². The van der Waals surface area contributed by atoms with E-state index in [9.17, 15) is 4.79 Å². The molecule has 0 unspecified atom stereocenters. The lowest BCUT2D eigenvalue weighted by Crippen LogP contribution is -2.29. The minimum Gasteiger partial charge on any atom is -0.497 e. The summed E-state index contributed by atoms with van der Waals surface area (Å²) in [6.07, 6.45) is 5.50. The average molecular weight is 394 g/mol. The standard InChI is InChI=1S/C24H31N3O2/c1-5-6-7-14-26(16-18(2)3)20-10-13-23-25-22(15-24(28)27(23)17-20)19-8-11-21(29-4)12-9-19/h8-13,15,17-18H,5-7,14,16H2,1-4H3. The highest BCUT2D eigenvalue weighted by molar-refractivity contribution is 5.63. The molecule has 0 N–H and O–H groups in total. The largest absolute Gasteiger partial charge is 0.497 e. The Labute approximate surface area is 173 Å². The van der Waals surface area contributed by atoms with E-state index < -0.39 is 0 Å². The van der Waals surface area contributed by atoms with Crippen LogP contribution in [0, 0.1) is 5.92 Å². The van der Waals surface area contributed by atoms with Crippen LogP contribution in [0.15, 0.2) is 53.5 Å². The SMILES string of the molecule is CCCCCN(CC(C)C)c1ccc2nc(-c3ccc(OC)cc3)cc(=O)n2c1. The molecule has 2 heterocycles. The van der Waals surface area contributed by atoms with Crippen LogP contribution in [0.5, 0.6) is 5.75 Å². The summed E-state index contributed by atoms with van der Waals surface area (Å²) in [5, 5.41) is 0. The van der Waals surface area contributed by atoms with Gasteiger partial charge in [0.2, 0.25) is 0 Å². The summed E-state index contributed by atoms with van der Waals surface area (Å²) in [6.45, 7) is 8.64. The third-order valence-corrected chi connectivity index (χ3v) is 5.01. The summed E-state index contributed by atoms with van der Waals surface area (Å²) in [5.41, 5.74) is 3.23. The Hall–Kier alpha value is -2.82. The van der Waals surface area contributed by atoms with Gasteiger partial charge in [-0.2, -0.15) is 0 Å². The molecule has 1 aromatic carbocycles. The second-order valence-corrected chi connectivity index (χ2v) is 7.87. The molecule has 0 saturated carbocycles. The number of pyridine rings is 1. The lowest BCUT2D eigenvalue weighted by molar-refractivity contribution is 0.415. The van der Waals surface area contributed by atoms with E-state index in [-0.39, 0.29) is 5.56 Å². The van der Waals surface area contributed by atoms with Crippen molar-refractivity contribution in [2.75, 3.05) is 25.1 Å². The van der Waals surface area contributed by atoms with Crippen LogP contribution in [0.1, 0.15) is 40.0 Å². The van der Waals surface area contributed by atoms with Crippen molar-refractivity contribution in [3.63, 3.8) is 0 Å². The highest BCUT2D eigenvalue weighted by Crippen LogP contribution is 2.22. The Kier molecular flexibility index (Phi) is 6.91. The number of ether oxygens (including phenoxy) is 1. The highest BCUT2D eigenvalue weighted by Gasteiger charge is 2.11. The summed E-state index contributed by atoms with van der Waals surface area (Å²) >= 11 is 0. The number of rotatable bonds is 9. The monoisotopic (exact) mass is 393 g/mol. The van der Waals surface area contributed by atoms with Crippen LogP contribution < -0.4 is 15.2 Å². The van der Waals surface area contributed by atoms with Crippen molar-refractivity contribution in [3.8, 4) is 17.0 Å². The Morgan fingerprint density at radius 1 is 1.10 bits per heavy atom. The van der Waals surface area contributed by atoms with Crippen molar-refractivity contribution in [3.05, 3.63) is 59.0 Å². The molecule has 0 aliphatic heterocycles. The fourth-order valence-corrected chi connectivity index (χ4v) is 3.51. The normalized spacial score (nSPS) is 11.2. The van der Waals surface area contributed by atoms with Crippen LogP contribution in [-0.4, -0.2) is 29.6 Å². The molecular formula is C24H31N3O2. The van der Waals surface area contributed by atoms with Gasteiger partial charge < -0.3 is 9.64 Å². The number of hydrogen-bond acceptors (Lipinski definition) is 4. The quantitative estimate of drug-likeness (QED) is 0.479. The topological polar surface area (TPSA) is 46.8 Å². The van der Waals surface area contributed by atoms with Gasteiger partial charge in [-0.15, -0.1) is 0 Å². The molecule has 3 rings (SSSR count). The van der Waals surface area contributed by atoms with Gasteiger partial charge >= 0.3 is 0 Å². The minimum atomic E-state index is -0.0688. The molecule has 0 aliphatic carbocycles. The number of unbranched alkanes of at least 4 members (excludes halogenated alkanes) is 2. The van der Waals surface area contributed by atoms with Gasteiger partial charge in [-0.3, -0.25) is 9.20 Å². The number of benzene rings is 1. The van der Waals surface area contributed by atoms with Crippen LogP contribution in [0.2, 0.25) is 0 Å². The van der Waals surface area contributed by atoms with E-state index in [1.807, 2.05) is 36.5 Å². The van der Waals surface area contributed by atoms with Gasteiger partial charge in [0.25, 0.3) is 5.56 Å². The maximum Gasteiger partial charge on any atom is 0.258 e. The number of fused-ring (bicyclic) bond motifs is 1. The van der Waals surface area contributed by atoms with Crippen LogP contribution in [0.4, 0.5) is 5.69 Å². The third kappa shape index (κ3) is 5.17. The summed E-state index contributed by atoms with van der Waals surface area (Å²) in [6, 6.07) is 13.2. The zero-order chi connectivity index (χ0) is 20.8. The number of aromatic nitrogens is 2. The summed E-state index contributed by atoms with van der Waals surface area (Å²) < 4.78 is 6.85. The van der Waals surface area contributed by atoms with E-state index in [1.54, 1.807) is 17.6 Å². The molecule has 0 atom stereocenters. The molecule has 5 nitrogen and oxygen atoms in total. The molecule has 5 heteroatoms. The summed E-state index contributed by atoms with van der Waals surface area (Å²) in [5.74, 6) is 1.34. The second kappa shape index (κ2) is 9.59. The number of hydrogen-bond donors (Lipinski definition) is 0. The predicted molar refractivity (Wildman–Crippen MR) is 120 cm³/mol. The first-order chi connectivity index (χ1) is 14.0. The van der Waals surface area contributed by atoms with E-state index in [0.717, 1.165) is 36.5 Å². The number of nitrogens with zero attached hydrogens (tertiary/aromatic N) is 3. The molecule has 2 aromatic heterocycles. The number of methoxy groups -OCH3 is 1. The van der Waals surface area contributed by atoms with Gasteiger partial charge in [0, 0.05) is 30.9 Å². The molecule has 154 valence electrons. The highest BCUT2D eigenvalue weighted by atomic mass is 16.5. The molecule has 0 amide bonds. The molecule has 0 fully saturated rings. The Bertz CT molecular complexity index is 993. The van der Waals surface area contributed by atoms with Crippen LogP contribution in [-0.2, 0) is 0 Å². The van der Waals surface area contributed by atoms with E-state index in [2.05, 4.69) is 31.7 Å². The van der Waals surface area contributed by atoms with Crippen LogP contribution >= 0.6 is 0 Å². The lowest BCUT2D eigenvalue weighted by atomic mass is 10.1. The Morgan fingerprint density at radius 2 is 1.86 bits per heavy atom. The van der Waals surface area contributed by atoms with Gasteiger partial charge in [-0.05, 0) is 48.7 Å². The minimum absolute atomic E-state index is 0.0688. The first-order valence-corrected chi connectivity index (χ1v) is 10.4. The van der Waals surface area contributed by atoms with E-state index >= 15 is 0 Å². The van der Waals surface area contributed by atoms with E-state index in [1.165, 1.54) is 12.8 Å². The van der Waals surface area contributed by atoms with Crippen LogP contribution in [0.25, 0.3) is 16.9 Å². The molecule has 0 saturated heterocycles. The molecule has 3 aromatic rings. The van der Waals surface area contributed by atoms with Gasteiger partial charge in [0.05, 0.1) is 18.5 Å². The third-order valence-electron chi connectivity index (χ3n) is 5.01. The maximum absolute atomic E-state index is 12.8. The second-order valence-electron chi connectivity index (χ2n) is 7.87. The smallest absolute Gasteiger partial charge is 0.258 e. The van der Waals surface area contributed by atoms with Crippen molar-refractivity contribution in [1.29, 1.82) is 0 Å². The van der Waals surface area contributed by atoms with E-state index in [0.29, 0.717) is 17.3 Å². The molecule has 0 bridgehead atoms. The lowest BCUT2D eigenvalue weighted by Gasteiger charge is -2.27. The van der Waals surface area contributed by atoms with Gasteiger partial charge in [-0.1, -0.05) is 33.6 Å². The Balaban J connectivity index is 1.94. The van der Waals surface area contributed by atoms with Gasteiger partial charge in [-0.25, -0.2) is 4.98 Å². The van der Waals surface area contributed by atoms with Crippen molar-refractivity contribution in [2.24, 2.45) is 5.92 Å². The molecule has 0 radical (unpaired) electrons. The van der Waals surface area contributed by atoms with Crippen molar-refractivity contribution >= 4 is 11.3 Å². The zero-order valence-corrected chi connectivity index (χ0v) is 17.9. The Morgan fingerprint density at radius 3 is 2.52 bits per heavy atom. The van der Waals surface area contributed by atoms with E-state index in [4.69, 9.17) is 9.72 Å². The maximum atomic E-state index is 12.8. The molecule has 29 heavy (non-hydrogen) atoms. The van der Waals surface area contributed by atoms with Crippen molar-refractivity contribution in [1.82, 2.24) is 9.38 Å². The predicted octanol–water partition coefficient (Wildman–Crippen LogP) is 5.02. The molecular weight excluding hydrogens is 362 g/mol.